The van der Waals surface area contributed by atoms with Crippen molar-refractivity contribution < 1.29 is 4.74 Å². The molecule has 1 aliphatic carbocycles. The summed E-state index contributed by atoms with van der Waals surface area (Å²) < 4.78 is 6.16. The van der Waals surface area contributed by atoms with E-state index in [4.69, 9.17) is 4.74 Å². The summed E-state index contributed by atoms with van der Waals surface area (Å²) in [7, 11) is 0. The van der Waals surface area contributed by atoms with Crippen LogP contribution in [0.1, 0.15) is 50.5 Å². The Labute approximate surface area is 122 Å². The average molecular weight is 273 g/mol. The molecule has 2 unspecified atom stereocenters. The first-order valence-corrected chi connectivity index (χ1v) is 8.23. The highest BCUT2D eigenvalue weighted by Crippen LogP contribution is 2.34. The predicted octanol–water partition coefficient (Wildman–Crippen LogP) is 3.73. The van der Waals surface area contributed by atoms with Gasteiger partial charge in [-0.3, -0.25) is 0 Å². The van der Waals surface area contributed by atoms with Crippen LogP contribution in [0, 0.1) is 5.92 Å². The minimum absolute atomic E-state index is 0.490. The lowest BCUT2D eigenvalue weighted by Crippen LogP contribution is -2.34. The van der Waals surface area contributed by atoms with E-state index < -0.39 is 0 Å². The third kappa shape index (κ3) is 3.42. The largest absolute Gasteiger partial charge is 0.377 e. The van der Waals surface area contributed by atoms with Crippen LogP contribution < -0.4 is 5.32 Å². The van der Waals surface area contributed by atoms with Crippen molar-refractivity contribution in [1.29, 1.82) is 0 Å². The molecule has 2 atom stereocenters. The quantitative estimate of drug-likeness (QED) is 0.902. The van der Waals surface area contributed by atoms with E-state index in [9.17, 15) is 0 Å². The van der Waals surface area contributed by atoms with E-state index in [1.807, 2.05) is 0 Å². The van der Waals surface area contributed by atoms with E-state index in [1.54, 1.807) is 0 Å². The lowest BCUT2D eigenvalue weighted by molar-refractivity contribution is 0.0102. The molecule has 0 radical (unpaired) electrons. The normalized spacial score (nSPS) is 34.2. The van der Waals surface area contributed by atoms with Gasteiger partial charge in [0.15, 0.2) is 0 Å². The first-order valence-electron chi connectivity index (χ1n) is 8.23. The predicted molar refractivity (Wildman–Crippen MR) is 83.0 cm³/mol. The van der Waals surface area contributed by atoms with Crippen LogP contribution in [0.25, 0.3) is 0 Å². The summed E-state index contributed by atoms with van der Waals surface area (Å²) in [4.78, 5) is 0. The van der Waals surface area contributed by atoms with Gasteiger partial charge in [0.05, 0.1) is 12.7 Å². The number of ether oxygens (including phenoxy) is 1. The minimum Gasteiger partial charge on any atom is -0.377 e. The molecule has 110 valence electrons. The Morgan fingerprint density at radius 1 is 1.05 bits per heavy atom. The Bertz CT molecular complexity index is 397. The van der Waals surface area contributed by atoms with Crippen LogP contribution in [0.4, 0.5) is 0 Å². The second kappa shape index (κ2) is 6.73. The van der Waals surface area contributed by atoms with Crippen molar-refractivity contribution in [3.05, 3.63) is 35.9 Å². The molecule has 2 heteroatoms. The lowest BCUT2D eigenvalue weighted by atomic mass is 9.83. The molecule has 1 heterocycles. The van der Waals surface area contributed by atoms with Gasteiger partial charge in [-0.15, -0.1) is 0 Å². The number of benzene rings is 1. The number of hydrogen-bond donors (Lipinski definition) is 1. The lowest BCUT2D eigenvalue weighted by Gasteiger charge is -2.30. The van der Waals surface area contributed by atoms with Gasteiger partial charge in [-0.1, -0.05) is 37.3 Å². The molecule has 0 spiro atoms. The summed E-state index contributed by atoms with van der Waals surface area (Å²) in [6, 6.07) is 11.6. The Morgan fingerprint density at radius 2 is 1.80 bits per heavy atom. The van der Waals surface area contributed by atoms with Gasteiger partial charge in [-0.25, -0.2) is 0 Å². The Balaban J connectivity index is 1.42. The Morgan fingerprint density at radius 3 is 2.45 bits per heavy atom. The Kier molecular flexibility index (Phi) is 4.74. The molecule has 3 rings (SSSR count). The van der Waals surface area contributed by atoms with Gasteiger partial charge in [0.25, 0.3) is 0 Å². The van der Waals surface area contributed by atoms with Gasteiger partial charge in [0.1, 0.15) is 0 Å². The van der Waals surface area contributed by atoms with Gasteiger partial charge in [-0.2, -0.15) is 0 Å². The van der Waals surface area contributed by atoms with Gasteiger partial charge < -0.3 is 10.1 Å². The third-order valence-corrected chi connectivity index (χ3v) is 5.15. The second-order valence-electron chi connectivity index (χ2n) is 6.54. The summed E-state index contributed by atoms with van der Waals surface area (Å²) >= 11 is 0. The maximum absolute atomic E-state index is 6.16. The van der Waals surface area contributed by atoms with Crippen molar-refractivity contribution in [3.63, 3.8) is 0 Å². The first kappa shape index (κ1) is 14.1. The fourth-order valence-corrected chi connectivity index (χ4v) is 3.65. The third-order valence-electron chi connectivity index (χ3n) is 5.15. The SMILES string of the molecule is CC1CCNC1COC1CCC(c2ccccc2)CC1. The van der Waals surface area contributed by atoms with Crippen molar-refractivity contribution in [2.75, 3.05) is 13.2 Å². The van der Waals surface area contributed by atoms with Crippen LogP contribution in [-0.4, -0.2) is 25.3 Å². The standard InChI is InChI=1S/C18H27NO/c1-14-11-12-19-18(14)13-20-17-9-7-16(8-10-17)15-5-3-2-4-6-15/h2-6,14,16-19H,7-13H2,1H3. The van der Waals surface area contributed by atoms with Gasteiger partial charge in [0.2, 0.25) is 0 Å². The molecule has 2 nitrogen and oxygen atoms in total. The first-order chi connectivity index (χ1) is 9.83. The van der Waals surface area contributed by atoms with E-state index >= 15 is 0 Å². The van der Waals surface area contributed by atoms with E-state index in [2.05, 4.69) is 42.6 Å². The van der Waals surface area contributed by atoms with Crippen molar-refractivity contribution >= 4 is 0 Å². The molecule has 1 aromatic rings. The van der Waals surface area contributed by atoms with Crippen molar-refractivity contribution in [1.82, 2.24) is 5.32 Å². The molecule has 1 N–H and O–H groups in total. The Hall–Kier alpha value is -0.860. The van der Waals surface area contributed by atoms with E-state index in [0.29, 0.717) is 12.1 Å². The molecule has 2 aliphatic rings. The highest BCUT2D eigenvalue weighted by atomic mass is 16.5. The molecule has 2 fully saturated rings. The van der Waals surface area contributed by atoms with E-state index in [1.165, 1.54) is 37.7 Å². The summed E-state index contributed by atoms with van der Waals surface area (Å²) in [6.07, 6.45) is 6.80. The van der Waals surface area contributed by atoms with Gasteiger partial charge in [-0.05, 0) is 56.0 Å². The van der Waals surface area contributed by atoms with Crippen LogP contribution in [0.3, 0.4) is 0 Å². The van der Waals surface area contributed by atoms with Gasteiger partial charge >= 0.3 is 0 Å². The summed E-state index contributed by atoms with van der Waals surface area (Å²) in [5.74, 6) is 1.52. The highest BCUT2D eigenvalue weighted by Gasteiger charge is 2.26. The maximum Gasteiger partial charge on any atom is 0.0625 e. The highest BCUT2D eigenvalue weighted by molar-refractivity contribution is 5.19. The van der Waals surface area contributed by atoms with Crippen LogP contribution in [0.15, 0.2) is 30.3 Å². The minimum atomic E-state index is 0.490. The molecule has 20 heavy (non-hydrogen) atoms. The molecular weight excluding hydrogens is 246 g/mol. The van der Waals surface area contributed by atoms with E-state index in [-0.39, 0.29) is 0 Å². The smallest absolute Gasteiger partial charge is 0.0625 e. The zero-order valence-corrected chi connectivity index (χ0v) is 12.6. The summed E-state index contributed by atoms with van der Waals surface area (Å²) in [5.41, 5.74) is 1.51. The molecule has 1 aromatic carbocycles. The van der Waals surface area contributed by atoms with Crippen LogP contribution in [0.5, 0.6) is 0 Å². The maximum atomic E-state index is 6.16. The molecule has 0 aromatic heterocycles. The van der Waals surface area contributed by atoms with Crippen molar-refractivity contribution in [3.8, 4) is 0 Å². The average Bonchev–Trinajstić information content (AvgIpc) is 2.92. The molecular formula is C18H27NO. The summed E-state index contributed by atoms with van der Waals surface area (Å²) in [6.45, 7) is 4.40. The zero-order chi connectivity index (χ0) is 13.8. The molecule has 1 aliphatic heterocycles. The summed E-state index contributed by atoms with van der Waals surface area (Å²) in [5, 5.41) is 3.56. The van der Waals surface area contributed by atoms with Crippen LogP contribution in [-0.2, 0) is 4.74 Å². The number of rotatable bonds is 4. The molecule has 0 bridgehead atoms. The van der Waals surface area contributed by atoms with Crippen molar-refractivity contribution in [2.45, 2.75) is 57.1 Å². The molecule has 1 saturated carbocycles. The monoisotopic (exact) mass is 273 g/mol. The van der Waals surface area contributed by atoms with Crippen LogP contribution >= 0.6 is 0 Å². The number of nitrogens with one attached hydrogen (secondary N) is 1. The topological polar surface area (TPSA) is 21.3 Å². The second-order valence-corrected chi connectivity index (χ2v) is 6.54. The van der Waals surface area contributed by atoms with Gasteiger partial charge in [0, 0.05) is 6.04 Å². The van der Waals surface area contributed by atoms with Crippen molar-refractivity contribution in [2.24, 2.45) is 5.92 Å². The fourth-order valence-electron chi connectivity index (χ4n) is 3.65. The number of hydrogen-bond acceptors (Lipinski definition) is 2. The zero-order valence-electron chi connectivity index (χ0n) is 12.6. The van der Waals surface area contributed by atoms with Crippen LogP contribution in [0.2, 0.25) is 0 Å². The molecule has 0 amide bonds. The van der Waals surface area contributed by atoms with E-state index in [0.717, 1.165) is 25.0 Å². The molecule has 1 saturated heterocycles. The fraction of sp³-hybridized carbons (Fsp3) is 0.667.